The average Bonchev–Trinajstić information content (AvgIpc) is 3.73. The predicted octanol–water partition coefficient (Wildman–Crippen LogP) is 16.2. The van der Waals surface area contributed by atoms with E-state index in [-0.39, 0.29) is 21.7 Å². The lowest BCUT2D eigenvalue weighted by Gasteiger charge is -2.41. The highest BCUT2D eigenvalue weighted by Crippen LogP contribution is 2.76. The Hall–Kier alpha value is -6.01. The fourth-order valence-corrected chi connectivity index (χ4v) is 9.68. The maximum absolute atomic E-state index is 7.09. The lowest BCUT2D eigenvalue weighted by molar-refractivity contribution is 0.419. The summed E-state index contributed by atoms with van der Waals surface area (Å²) in [6, 6.07) is 51.7. The van der Waals surface area contributed by atoms with Crippen molar-refractivity contribution in [3.63, 3.8) is 0 Å². The molecule has 63 heavy (non-hydrogen) atoms. The number of hydrogen-bond donors (Lipinski definition) is 0. The molecule has 2 aliphatic rings. The highest BCUT2D eigenvalue weighted by Gasteiger charge is 2.78. The van der Waals surface area contributed by atoms with Gasteiger partial charge in [-0.05, 0) is 91.4 Å². The number of rotatable bonds is 6. The maximum Gasteiger partial charge on any atom is 0.225 e. The third-order valence-electron chi connectivity index (χ3n) is 13.5. The van der Waals surface area contributed by atoms with Crippen LogP contribution in [0.4, 0.5) is 22.7 Å². The molecule has 1 fully saturated rings. The Balaban J connectivity index is 1.15. The lowest BCUT2D eigenvalue weighted by Crippen LogP contribution is -2.47. The van der Waals surface area contributed by atoms with E-state index in [1.807, 2.05) is 6.20 Å². The summed E-state index contributed by atoms with van der Waals surface area (Å²) in [5, 5.41) is 2.36. The van der Waals surface area contributed by atoms with Crippen LogP contribution < -0.4 is 13.9 Å². The van der Waals surface area contributed by atoms with Crippen LogP contribution in [0.1, 0.15) is 105 Å². The number of para-hydroxylation sites is 1. The second kappa shape index (κ2) is 13.7. The number of benzene rings is 6. The SMILES string of the molecule is CC(C)(C)c1cc(Oc2ccc3c4ccccc4n(-c4cc(C(C)(C)C)ccn4)c3c2)cc([N+]23[CH-][N@+]2(c2cc(-c4ccccc4)cc(C(C)(C)C)c2)c2ccc(C(C)(C)C)cc23)c1. The van der Waals surface area contributed by atoms with Gasteiger partial charge in [0, 0.05) is 59.4 Å². The van der Waals surface area contributed by atoms with Crippen LogP contribution in [0.5, 0.6) is 11.5 Å². The molecule has 0 radical (unpaired) electrons. The lowest BCUT2D eigenvalue weighted by atomic mass is 9.84. The number of aromatic nitrogens is 2. The van der Waals surface area contributed by atoms with Crippen molar-refractivity contribution >= 4 is 44.6 Å². The van der Waals surface area contributed by atoms with E-state index >= 15 is 0 Å². The highest BCUT2D eigenvalue weighted by molar-refractivity contribution is 6.09. The van der Waals surface area contributed by atoms with E-state index < -0.39 is 0 Å². The Morgan fingerprint density at radius 2 is 1.05 bits per heavy atom. The summed E-state index contributed by atoms with van der Waals surface area (Å²) in [7, 11) is 0. The van der Waals surface area contributed by atoms with Crippen LogP contribution in [-0.4, -0.2) is 9.55 Å². The summed E-state index contributed by atoms with van der Waals surface area (Å²) < 4.78 is 10.6. The Kier molecular flexibility index (Phi) is 8.95. The van der Waals surface area contributed by atoms with Crippen molar-refractivity contribution in [2.45, 2.75) is 105 Å². The Morgan fingerprint density at radius 3 is 1.75 bits per heavy atom. The van der Waals surface area contributed by atoms with Gasteiger partial charge in [-0.3, -0.25) is 4.57 Å². The zero-order valence-corrected chi connectivity index (χ0v) is 39.1. The largest absolute Gasteiger partial charge is 0.457 e. The second-order valence-corrected chi connectivity index (χ2v) is 22.1. The van der Waals surface area contributed by atoms with Gasteiger partial charge in [0.2, 0.25) is 11.4 Å². The van der Waals surface area contributed by atoms with Crippen molar-refractivity contribution in [2.75, 3.05) is 0 Å². The number of ether oxygens (including phenoxy) is 1. The second-order valence-electron chi connectivity index (χ2n) is 22.1. The number of fused-ring (bicyclic) bond motifs is 7. The minimum Gasteiger partial charge on any atom is -0.457 e. The molecule has 4 heterocycles. The zero-order chi connectivity index (χ0) is 44.5. The molecule has 10 rings (SSSR count). The predicted molar refractivity (Wildman–Crippen MR) is 265 cm³/mol. The van der Waals surface area contributed by atoms with Gasteiger partial charge in [-0.15, -0.1) is 0 Å². The van der Waals surface area contributed by atoms with Gasteiger partial charge in [-0.2, -0.15) is 9.18 Å². The Bertz CT molecular complexity index is 3110. The maximum atomic E-state index is 7.09. The minimum absolute atomic E-state index is 0.000861. The van der Waals surface area contributed by atoms with Gasteiger partial charge in [-0.1, -0.05) is 144 Å². The Labute approximate surface area is 374 Å². The van der Waals surface area contributed by atoms with Gasteiger partial charge in [0.25, 0.3) is 0 Å². The van der Waals surface area contributed by atoms with Crippen LogP contribution in [0.2, 0.25) is 0 Å². The first-order valence-electron chi connectivity index (χ1n) is 22.5. The van der Waals surface area contributed by atoms with Crippen LogP contribution in [-0.2, 0) is 21.7 Å². The molecule has 5 heteroatoms. The van der Waals surface area contributed by atoms with Crippen LogP contribution in [0, 0.1) is 6.67 Å². The summed E-state index contributed by atoms with van der Waals surface area (Å²) in [6.45, 7) is 30.1. The average molecular weight is 830 g/mol. The molecule has 5 nitrogen and oxygen atoms in total. The highest BCUT2D eigenvalue weighted by atomic mass is 16.5. The smallest absolute Gasteiger partial charge is 0.225 e. The molecule has 2 aromatic heterocycles. The molecule has 0 bridgehead atoms. The van der Waals surface area contributed by atoms with Gasteiger partial charge in [0.15, 0.2) is 18.0 Å². The molecule has 1 saturated heterocycles. The van der Waals surface area contributed by atoms with Crippen molar-refractivity contribution in [2.24, 2.45) is 0 Å². The zero-order valence-electron chi connectivity index (χ0n) is 39.1. The summed E-state index contributed by atoms with van der Waals surface area (Å²) in [5.41, 5.74) is 14.7. The third kappa shape index (κ3) is 6.54. The molecule has 318 valence electrons. The molecule has 0 saturated carbocycles. The summed E-state index contributed by atoms with van der Waals surface area (Å²) >= 11 is 0. The van der Waals surface area contributed by atoms with Gasteiger partial charge in [0.05, 0.1) is 11.0 Å². The molecular formula is C58H61N4O+. The van der Waals surface area contributed by atoms with E-state index in [9.17, 15) is 0 Å². The van der Waals surface area contributed by atoms with E-state index in [1.165, 1.54) is 66.9 Å². The number of hydrogen-bond acceptors (Lipinski definition) is 2. The molecule has 0 amide bonds. The van der Waals surface area contributed by atoms with Crippen molar-refractivity contribution in [3.8, 4) is 28.4 Å². The Morgan fingerprint density at radius 1 is 0.444 bits per heavy atom. The van der Waals surface area contributed by atoms with Crippen LogP contribution >= 0.6 is 0 Å². The number of quaternary nitrogens is 2. The molecule has 2 atom stereocenters. The van der Waals surface area contributed by atoms with E-state index in [2.05, 4.69) is 234 Å². The summed E-state index contributed by atoms with van der Waals surface area (Å²) in [5.74, 6) is 2.52. The summed E-state index contributed by atoms with van der Waals surface area (Å²) in [4.78, 5) is 4.93. The normalized spacial score (nSPS) is 18.5. The third-order valence-corrected chi connectivity index (χ3v) is 13.5. The van der Waals surface area contributed by atoms with Gasteiger partial charge in [-0.25, -0.2) is 4.98 Å². The minimum atomic E-state index is -0.133. The van der Waals surface area contributed by atoms with E-state index in [0.717, 1.165) is 28.4 Å². The topological polar surface area (TPSA) is 27.1 Å². The molecule has 0 aliphatic carbocycles. The summed E-state index contributed by atoms with van der Waals surface area (Å²) in [6.07, 6.45) is 1.94. The van der Waals surface area contributed by atoms with Crippen LogP contribution in [0.3, 0.4) is 0 Å². The molecular weight excluding hydrogens is 769 g/mol. The molecule has 0 N–H and O–H groups in total. The fraction of sp³-hybridized carbons (Fsp3) is 0.276. The van der Waals surface area contributed by atoms with E-state index in [0.29, 0.717) is 9.18 Å². The van der Waals surface area contributed by atoms with Crippen molar-refractivity contribution < 1.29 is 4.74 Å². The molecule has 2 aliphatic heterocycles. The number of nitrogens with zero attached hydrogens (tertiary/aromatic N) is 4. The van der Waals surface area contributed by atoms with E-state index in [1.54, 1.807) is 0 Å². The number of pyridine rings is 1. The molecule has 0 spiro atoms. The molecule has 6 aromatic carbocycles. The van der Waals surface area contributed by atoms with Crippen molar-refractivity contribution in [3.05, 3.63) is 175 Å². The molecule has 1 unspecified atom stereocenters. The first-order valence-corrected chi connectivity index (χ1v) is 22.5. The van der Waals surface area contributed by atoms with Crippen molar-refractivity contribution in [1.82, 2.24) is 18.7 Å². The van der Waals surface area contributed by atoms with E-state index in [4.69, 9.17) is 9.72 Å². The van der Waals surface area contributed by atoms with Gasteiger partial charge < -0.3 is 4.74 Å². The standard InChI is InChI=1S/C58H61N4O/c1-55(2,3)40-22-25-52-53(33-40)62(37-61(52,62)44-29-39(38-18-14-13-15-19-38)28-42(30-44)57(7,8)9)45-31-43(58(10,11)12)32-47(35-45)63-46-23-24-49-48-20-16-17-21-50(48)60(51(49)36-46)54-34-41(26-27-59-54)56(4,5)6/h13-37H,1-12H3/q+1/t61-,62?/m0/s1. The fourth-order valence-electron chi connectivity index (χ4n) is 9.68. The first kappa shape index (κ1) is 41.0. The van der Waals surface area contributed by atoms with Crippen molar-refractivity contribution in [1.29, 1.82) is 0 Å². The van der Waals surface area contributed by atoms with Gasteiger partial charge >= 0.3 is 0 Å². The molecule has 8 aromatic rings. The van der Waals surface area contributed by atoms with Crippen LogP contribution in [0.25, 0.3) is 38.8 Å². The van der Waals surface area contributed by atoms with Crippen LogP contribution in [0.15, 0.2) is 146 Å². The van der Waals surface area contributed by atoms with Gasteiger partial charge in [0.1, 0.15) is 17.3 Å². The first-order chi connectivity index (χ1) is 29.7. The quantitative estimate of drug-likeness (QED) is 0.0948. The monoisotopic (exact) mass is 829 g/mol.